The average molecular weight is 323 g/mol. The molecule has 10 heteroatoms. The number of rotatable bonds is 3. The lowest BCUT2D eigenvalue weighted by molar-refractivity contribution is -0.304. The lowest BCUT2D eigenvalue weighted by Crippen LogP contribution is -2.67. The third-order valence-corrected chi connectivity index (χ3v) is 4.32. The predicted molar refractivity (Wildman–Crippen MR) is 73.2 cm³/mol. The Morgan fingerprint density at radius 1 is 0.909 bits per heavy atom. The largest absolute Gasteiger partial charge is 0.394 e. The summed E-state index contributed by atoms with van der Waals surface area (Å²) in [6.07, 6.45) is -8.38. The zero-order valence-electron chi connectivity index (χ0n) is 12.0. The van der Waals surface area contributed by atoms with Gasteiger partial charge < -0.3 is 52.2 Å². The van der Waals surface area contributed by atoms with Gasteiger partial charge in [0.2, 0.25) is 0 Å². The standard InChI is InChI=1S/C12H25N3O7/c13-3-1-4(14)11(10(20)7(3)17)22-12-9(19)6(15)8(18)5(2-16)21-12/h3-12,16-20H,1-2,13-15H2. The third kappa shape index (κ3) is 3.26. The summed E-state index contributed by atoms with van der Waals surface area (Å²) in [6.45, 7) is -0.520. The number of aliphatic hydroxyl groups is 5. The number of nitrogens with two attached hydrogens (primary N) is 3. The minimum atomic E-state index is -1.38. The van der Waals surface area contributed by atoms with E-state index in [9.17, 15) is 20.4 Å². The van der Waals surface area contributed by atoms with Crippen molar-refractivity contribution in [3.63, 3.8) is 0 Å². The van der Waals surface area contributed by atoms with Crippen molar-refractivity contribution in [3.8, 4) is 0 Å². The van der Waals surface area contributed by atoms with Crippen LogP contribution in [0.2, 0.25) is 0 Å². The fourth-order valence-corrected chi connectivity index (χ4v) is 2.85. The first-order chi connectivity index (χ1) is 10.3. The van der Waals surface area contributed by atoms with Crippen LogP contribution in [0.15, 0.2) is 0 Å². The molecule has 2 aliphatic rings. The summed E-state index contributed by atoms with van der Waals surface area (Å²) in [5.74, 6) is 0. The molecule has 0 amide bonds. The van der Waals surface area contributed by atoms with E-state index in [1.807, 2.05) is 0 Å². The summed E-state index contributed by atoms with van der Waals surface area (Å²) >= 11 is 0. The van der Waals surface area contributed by atoms with Crippen molar-refractivity contribution in [1.82, 2.24) is 0 Å². The van der Waals surface area contributed by atoms with Crippen molar-refractivity contribution in [2.24, 2.45) is 17.2 Å². The van der Waals surface area contributed by atoms with Crippen molar-refractivity contribution in [2.75, 3.05) is 6.61 Å². The molecule has 0 spiro atoms. The van der Waals surface area contributed by atoms with Crippen LogP contribution in [-0.2, 0) is 9.47 Å². The molecule has 2 fully saturated rings. The number of hydrogen-bond donors (Lipinski definition) is 8. The zero-order valence-corrected chi connectivity index (χ0v) is 12.0. The molecule has 0 aromatic heterocycles. The predicted octanol–water partition coefficient (Wildman–Crippen LogP) is -5.08. The van der Waals surface area contributed by atoms with Crippen molar-refractivity contribution < 1.29 is 35.0 Å². The van der Waals surface area contributed by atoms with Gasteiger partial charge in [-0.15, -0.1) is 0 Å². The van der Waals surface area contributed by atoms with E-state index >= 15 is 0 Å². The molecule has 10 nitrogen and oxygen atoms in total. The molecule has 0 aromatic carbocycles. The van der Waals surface area contributed by atoms with Gasteiger partial charge in [0.05, 0.1) is 18.8 Å². The van der Waals surface area contributed by atoms with E-state index in [4.69, 9.17) is 31.8 Å². The molecule has 1 aliphatic carbocycles. The molecule has 0 aromatic rings. The van der Waals surface area contributed by atoms with Crippen LogP contribution < -0.4 is 17.2 Å². The van der Waals surface area contributed by atoms with Crippen molar-refractivity contribution in [2.45, 2.75) is 67.5 Å². The summed E-state index contributed by atoms with van der Waals surface area (Å²) in [5, 5.41) is 48.8. The van der Waals surface area contributed by atoms with E-state index in [-0.39, 0.29) is 6.42 Å². The smallest absolute Gasteiger partial charge is 0.186 e. The van der Waals surface area contributed by atoms with E-state index in [0.29, 0.717) is 0 Å². The Bertz CT molecular complexity index is 375. The number of aliphatic hydroxyl groups excluding tert-OH is 5. The first-order valence-electron chi connectivity index (χ1n) is 7.18. The molecular weight excluding hydrogens is 298 g/mol. The zero-order chi connectivity index (χ0) is 16.6. The summed E-state index contributed by atoms with van der Waals surface area (Å²) < 4.78 is 10.7. The Balaban J connectivity index is 2.08. The fourth-order valence-electron chi connectivity index (χ4n) is 2.85. The molecule has 10 unspecified atom stereocenters. The maximum absolute atomic E-state index is 10.0. The van der Waals surface area contributed by atoms with Crippen LogP contribution in [0, 0.1) is 0 Å². The summed E-state index contributed by atoms with van der Waals surface area (Å²) in [5.41, 5.74) is 17.2. The first kappa shape index (κ1) is 17.9. The summed E-state index contributed by atoms with van der Waals surface area (Å²) in [7, 11) is 0. The molecule has 1 heterocycles. The molecular formula is C12H25N3O7. The minimum absolute atomic E-state index is 0.212. The quantitative estimate of drug-likeness (QED) is 0.248. The molecule has 2 rings (SSSR count). The van der Waals surface area contributed by atoms with E-state index in [2.05, 4.69) is 0 Å². The second-order valence-corrected chi connectivity index (χ2v) is 5.93. The highest BCUT2D eigenvalue weighted by atomic mass is 16.7. The van der Waals surface area contributed by atoms with Crippen LogP contribution in [0.25, 0.3) is 0 Å². The molecule has 10 atom stereocenters. The molecule has 1 saturated heterocycles. The molecule has 11 N–H and O–H groups in total. The average Bonchev–Trinajstić information content (AvgIpc) is 2.49. The Morgan fingerprint density at radius 3 is 2.14 bits per heavy atom. The Morgan fingerprint density at radius 2 is 1.55 bits per heavy atom. The van der Waals surface area contributed by atoms with E-state index < -0.39 is 67.6 Å². The summed E-state index contributed by atoms with van der Waals surface area (Å²) in [6, 6.07) is -2.46. The van der Waals surface area contributed by atoms with Crippen molar-refractivity contribution in [1.29, 1.82) is 0 Å². The number of hydrogen-bond acceptors (Lipinski definition) is 10. The van der Waals surface area contributed by atoms with Crippen LogP contribution in [0.5, 0.6) is 0 Å². The van der Waals surface area contributed by atoms with Crippen LogP contribution >= 0.6 is 0 Å². The van der Waals surface area contributed by atoms with Gasteiger partial charge in [0.15, 0.2) is 6.29 Å². The Kier molecular flexibility index (Phi) is 5.72. The van der Waals surface area contributed by atoms with Crippen LogP contribution in [0.3, 0.4) is 0 Å². The van der Waals surface area contributed by atoms with Gasteiger partial charge in [-0.2, -0.15) is 0 Å². The SMILES string of the molecule is NC1CC(N)C(OC2OC(CO)C(O)C(N)C2O)C(O)C1O. The van der Waals surface area contributed by atoms with Gasteiger partial charge >= 0.3 is 0 Å². The maximum Gasteiger partial charge on any atom is 0.186 e. The monoisotopic (exact) mass is 323 g/mol. The number of ether oxygens (including phenoxy) is 2. The van der Waals surface area contributed by atoms with Crippen LogP contribution in [-0.4, -0.2) is 93.2 Å². The molecule has 0 bridgehead atoms. The highest BCUT2D eigenvalue weighted by Gasteiger charge is 2.48. The maximum atomic E-state index is 10.0. The second kappa shape index (κ2) is 7.01. The lowest BCUT2D eigenvalue weighted by Gasteiger charge is -2.45. The normalized spacial score (nSPS) is 53.5. The molecule has 1 aliphatic heterocycles. The van der Waals surface area contributed by atoms with Crippen LogP contribution in [0.1, 0.15) is 6.42 Å². The van der Waals surface area contributed by atoms with Crippen molar-refractivity contribution >= 4 is 0 Å². The van der Waals surface area contributed by atoms with E-state index in [1.165, 1.54) is 0 Å². The highest BCUT2D eigenvalue weighted by molar-refractivity contribution is 4.99. The highest BCUT2D eigenvalue weighted by Crippen LogP contribution is 2.27. The minimum Gasteiger partial charge on any atom is -0.394 e. The molecule has 130 valence electrons. The summed E-state index contributed by atoms with van der Waals surface area (Å²) in [4.78, 5) is 0. The molecule has 1 saturated carbocycles. The lowest BCUT2D eigenvalue weighted by atomic mass is 9.84. The Hall–Kier alpha value is -0.400. The van der Waals surface area contributed by atoms with Gasteiger partial charge in [0.25, 0.3) is 0 Å². The first-order valence-corrected chi connectivity index (χ1v) is 7.18. The van der Waals surface area contributed by atoms with Gasteiger partial charge in [0, 0.05) is 12.1 Å². The van der Waals surface area contributed by atoms with Crippen LogP contribution in [0.4, 0.5) is 0 Å². The van der Waals surface area contributed by atoms with Crippen molar-refractivity contribution in [3.05, 3.63) is 0 Å². The molecule has 0 radical (unpaired) electrons. The fraction of sp³-hybridized carbons (Fsp3) is 1.00. The molecule has 22 heavy (non-hydrogen) atoms. The second-order valence-electron chi connectivity index (χ2n) is 5.93. The van der Waals surface area contributed by atoms with E-state index in [1.54, 1.807) is 0 Å². The van der Waals surface area contributed by atoms with Gasteiger partial charge in [-0.05, 0) is 6.42 Å². The van der Waals surface area contributed by atoms with Gasteiger partial charge in [0.1, 0.15) is 30.5 Å². The third-order valence-electron chi connectivity index (χ3n) is 4.32. The van der Waals surface area contributed by atoms with E-state index in [0.717, 1.165) is 0 Å². The van der Waals surface area contributed by atoms with Gasteiger partial charge in [-0.3, -0.25) is 0 Å². The van der Waals surface area contributed by atoms with Gasteiger partial charge in [-0.25, -0.2) is 0 Å². The topological polar surface area (TPSA) is 198 Å². The Labute approximate surface area is 127 Å². The van der Waals surface area contributed by atoms with Gasteiger partial charge in [-0.1, -0.05) is 0 Å².